The molecule has 0 rings (SSSR count). The van der Waals surface area contributed by atoms with Crippen molar-refractivity contribution in [1.29, 1.82) is 5.26 Å². The third kappa shape index (κ3) is 2.46. The highest BCUT2D eigenvalue weighted by Crippen LogP contribution is 2.20. The molecule has 0 N–H and O–H groups in total. The molecule has 0 bridgehead atoms. The van der Waals surface area contributed by atoms with Crippen molar-refractivity contribution in [3.8, 4) is 6.07 Å². The second-order valence-electron chi connectivity index (χ2n) is 2.01. The number of hydrogen-bond donors (Lipinski definition) is 0. The van der Waals surface area contributed by atoms with Crippen LogP contribution in [-0.4, -0.2) is 29.0 Å². The number of carbonyl (C=O) groups is 1. The van der Waals surface area contributed by atoms with Gasteiger partial charge in [0.15, 0.2) is 0 Å². The van der Waals surface area contributed by atoms with Crippen LogP contribution in [0, 0.1) is 11.3 Å². The zero-order valence-corrected chi connectivity index (χ0v) is 7.85. The van der Waals surface area contributed by atoms with Crippen LogP contribution in [0.25, 0.3) is 0 Å². The molecule has 0 radical (unpaired) electrons. The maximum atomic E-state index is 12.8. The molecular formula is C6H8BrFN2O. The van der Waals surface area contributed by atoms with Crippen LogP contribution in [0.2, 0.25) is 0 Å². The lowest BCUT2D eigenvalue weighted by molar-refractivity contribution is -0.134. The average molecular weight is 223 g/mol. The quantitative estimate of drug-likeness (QED) is 0.656. The summed E-state index contributed by atoms with van der Waals surface area (Å²) in [5, 5.41) is 8.19. The van der Waals surface area contributed by atoms with Crippen molar-refractivity contribution < 1.29 is 9.18 Å². The lowest BCUT2D eigenvalue weighted by Crippen LogP contribution is -2.39. The van der Waals surface area contributed by atoms with Crippen molar-refractivity contribution in [3.63, 3.8) is 0 Å². The normalized spacial score (nSPS) is 14.8. The molecule has 1 unspecified atom stereocenters. The molecule has 3 nitrogen and oxygen atoms in total. The average Bonchev–Trinajstić information content (AvgIpc) is 2.01. The zero-order chi connectivity index (χ0) is 9.07. The summed E-state index contributed by atoms with van der Waals surface area (Å²) in [7, 11) is 1.43. The van der Waals surface area contributed by atoms with Crippen LogP contribution < -0.4 is 0 Å². The predicted octanol–water partition coefficient (Wildman–Crippen LogP) is 1.05. The highest BCUT2D eigenvalue weighted by atomic mass is 79.9. The number of hydrogen-bond acceptors (Lipinski definition) is 2. The highest BCUT2D eigenvalue weighted by molar-refractivity contribution is 9.10. The molecule has 1 atom stereocenters. The van der Waals surface area contributed by atoms with Crippen molar-refractivity contribution in [2.24, 2.45) is 0 Å². The Morgan fingerprint density at radius 1 is 1.91 bits per heavy atom. The number of nitriles is 1. The summed E-state index contributed by atoms with van der Waals surface area (Å²) >= 11 is 2.37. The van der Waals surface area contributed by atoms with Gasteiger partial charge in [-0.3, -0.25) is 4.79 Å². The second kappa shape index (κ2) is 3.67. The molecule has 0 fully saturated rings. The van der Waals surface area contributed by atoms with Gasteiger partial charge in [-0.25, -0.2) is 4.39 Å². The summed E-state index contributed by atoms with van der Waals surface area (Å²) in [4.78, 5) is 12.0. The van der Waals surface area contributed by atoms with Crippen molar-refractivity contribution in [2.45, 2.75) is 11.5 Å². The van der Waals surface area contributed by atoms with Crippen LogP contribution in [0.3, 0.4) is 0 Å². The number of carbonyl (C=O) groups excluding carboxylic acids is 1. The van der Waals surface area contributed by atoms with E-state index in [1.54, 1.807) is 6.92 Å². The van der Waals surface area contributed by atoms with Crippen molar-refractivity contribution in [2.75, 3.05) is 13.6 Å². The van der Waals surface area contributed by atoms with Crippen molar-refractivity contribution in [1.82, 2.24) is 4.90 Å². The Morgan fingerprint density at radius 2 is 2.36 bits per heavy atom. The first-order valence-electron chi connectivity index (χ1n) is 3.00. The minimum Gasteiger partial charge on any atom is -0.341 e. The van der Waals surface area contributed by atoms with Crippen LogP contribution in [0.1, 0.15) is 6.92 Å². The Labute approximate surface area is 72.9 Å². The molecule has 0 aromatic rings. The number of rotatable bonds is 2. The molecule has 11 heavy (non-hydrogen) atoms. The van der Waals surface area contributed by atoms with Gasteiger partial charge in [-0.05, 0) is 22.9 Å². The van der Waals surface area contributed by atoms with Gasteiger partial charge >= 0.3 is 4.58 Å². The van der Waals surface area contributed by atoms with Gasteiger partial charge in [0.05, 0.1) is 0 Å². The van der Waals surface area contributed by atoms with E-state index in [1.165, 1.54) is 13.1 Å². The van der Waals surface area contributed by atoms with Crippen LogP contribution in [-0.2, 0) is 4.79 Å². The lowest BCUT2D eigenvalue weighted by atomic mass is 10.3. The van der Waals surface area contributed by atoms with Crippen LogP contribution in [0.5, 0.6) is 0 Å². The molecule has 1 amide bonds. The minimum absolute atomic E-state index is 0.373. The van der Waals surface area contributed by atoms with Crippen LogP contribution >= 0.6 is 15.9 Å². The fraction of sp³-hybridized carbons (Fsp3) is 0.667. The molecule has 0 aliphatic carbocycles. The first-order chi connectivity index (χ1) is 4.95. The second-order valence-corrected chi connectivity index (χ2v) is 3.10. The van der Waals surface area contributed by atoms with Gasteiger partial charge in [0.1, 0.15) is 6.07 Å². The van der Waals surface area contributed by atoms with E-state index in [4.69, 9.17) is 5.26 Å². The van der Waals surface area contributed by atoms with Gasteiger partial charge in [-0.15, -0.1) is 0 Å². The molecule has 62 valence electrons. The first-order valence-corrected chi connectivity index (χ1v) is 3.79. The Hall–Kier alpha value is -0.630. The zero-order valence-electron chi connectivity index (χ0n) is 6.27. The molecule has 0 saturated heterocycles. The highest BCUT2D eigenvalue weighted by Gasteiger charge is 2.37. The Morgan fingerprint density at radius 3 is 2.64 bits per heavy atom. The first kappa shape index (κ1) is 10.4. The molecule has 0 spiro atoms. The third-order valence-electron chi connectivity index (χ3n) is 1.23. The molecule has 0 saturated carbocycles. The number of alkyl halides is 2. The van der Waals surface area contributed by atoms with E-state index >= 15 is 0 Å². The van der Waals surface area contributed by atoms with Gasteiger partial charge < -0.3 is 4.90 Å². The number of amides is 1. The van der Waals surface area contributed by atoms with Crippen molar-refractivity contribution >= 4 is 21.8 Å². The molecule has 5 heteroatoms. The Kier molecular flexibility index (Phi) is 3.46. The van der Waals surface area contributed by atoms with Gasteiger partial charge in [0, 0.05) is 13.6 Å². The van der Waals surface area contributed by atoms with E-state index in [1.807, 2.05) is 0 Å². The topological polar surface area (TPSA) is 44.1 Å². The predicted molar refractivity (Wildman–Crippen MR) is 41.7 cm³/mol. The minimum atomic E-state index is -2.57. The van der Waals surface area contributed by atoms with Gasteiger partial charge in [0.2, 0.25) is 0 Å². The van der Waals surface area contributed by atoms with Crippen molar-refractivity contribution in [3.05, 3.63) is 0 Å². The number of nitrogens with zero attached hydrogens (tertiary/aromatic N) is 2. The molecular weight excluding hydrogens is 215 g/mol. The fourth-order valence-corrected chi connectivity index (χ4v) is 0.734. The monoisotopic (exact) mass is 222 g/mol. The summed E-state index contributed by atoms with van der Waals surface area (Å²) in [5.41, 5.74) is 0. The largest absolute Gasteiger partial charge is 0.341 e. The van der Waals surface area contributed by atoms with E-state index in [0.717, 1.165) is 4.90 Å². The Balaban J connectivity index is 4.39. The van der Waals surface area contributed by atoms with E-state index < -0.39 is 10.5 Å². The summed E-state index contributed by atoms with van der Waals surface area (Å²) < 4.78 is 10.2. The standard InChI is InChI=1S/C6H8BrFN2O/c1-3-10(2)5(11)6(7,8)4-9/h3H2,1-2H3. The van der Waals surface area contributed by atoms with E-state index in [9.17, 15) is 9.18 Å². The molecule has 0 aliphatic rings. The van der Waals surface area contributed by atoms with E-state index in [2.05, 4.69) is 15.9 Å². The molecule has 0 heterocycles. The van der Waals surface area contributed by atoms with Gasteiger partial charge in [-0.2, -0.15) is 5.26 Å². The van der Waals surface area contributed by atoms with E-state index in [-0.39, 0.29) is 0 Å². The Bertz CT molecular complexity index is 199. The summed E-state index contributed by atoms with van der Waals surface area (Å²) in [6, 6.07) is 1.22. The number of halogens is 2. The van der Waals surface area contributed by atoms with Gasteiger partial charge in [-0.1, -0.05) is 0 Å². The maximum absolute atomic E-state index is 12.8. The van der Waals surface area contributed by atoms with Crippen LogP contribution in [0.4, 0.5) is 4.39 Å². The molecule has 0 aliphatic heterocycles. The SMILES string of the molecule is CCN(C)C(=O)C(F)(Br)C#N. The fourth-order valence-electron chi connectivity index (χ4n) is 0.431. The lowest BCUT2D eigenvalue weighted by Gasteiger charge is -2.17. The molecule has 0 aromatic carbocycles. The summed E-state index contributed by atoms with van der Waals surface area (Å²) in [6.07, 6.45) is 0. The third-order valence-corrected chi connectivity index (χ3v) is 1.75. The summed E-state index contributed by atoms with van der Waals surface area (Å²) in [6.45, 7) is 2.07. The maximum Gasteiger partial charge on any atom is 0.326 e. The smallest absolute Gasteiger partial charge is 0.326 e. The summed E-state index contributed by atoms with van der Waals surface area (Å²) in [5.74, 6) is -0.873. The van der Waals surface area contributed by atoms with Crippen LogP contribution in [0.15, 0.2) is 0 Å². The molecule has 0 aromatic heterocycles. The van der Waals surface area contributed by atoms with Gasteiger partial charge in [0.25, 0.3) is 5.91 Å². The van der Waals surface area contributed by atoms with E-state index in [0.29, 0.717) is 6.54 Å².